The zero-order valence-electron chi connectivity index (χ0n) is 19.4. The number of benzene rings is 2. The van der Waals surface area contributed by atoms with Gasteiger partial charge in [0.2, 0.25) is 0 Å². The van der Waals surface area contributed by atoms with Crippen LogP contribution in [-0.2, 0) is 11.2 Å². The zero-order valence-corrected chi connectivity index (χ0v) is 21.0. The SMILES string of the molecule is COc1ccc(C(C)(C)c2cnc(SCc3ccc(F)cc3Cl)n2-c2cccnc2)cc1OC. The van der Waals surface area contributed by atoms with Gasteiger partial charge in [-0.25, -0.2) is 9.37 Å². The Labute approximate surface area is 207 Å². The Balaban J connectivity index is 1.76. The predicted molar refractivity (Wildman–Crippen MR) is 134 cm³/mol. The van der Waals surface area contributed by atoms with Crippen molar-refractivity contribution in [3.63, 3.8) is 0 Å². The second-order valence-corrected chi connectivity index (χ2v) is 9.54. The van der Waals surface area contributed by atoms with Crippen molar-refractivity contribution in [1.29, 1.82) is 0 Å². The van der Waals surface area contributed by atoms with E-state index in [1.807, 2.05) is 42.7 Å². The molecule has 5 nitrogen and oxygen atoms in total. The number of hydrogen-bond donors (Lipinski definition) is 0. The molecule has 2 aromatic heterocycles. The van der Waals surface area contributed by atoms with Crippen molar-refractivity contribution in [2.45, 2.75) is 30.2 Å². The van der Waals surface area contributed by atoms with Crippen LogP contribution >= 0.6 is 23.4 Å². The highest BCUT2D eigenvalue weighted by Crippen LogP contribution is 2.40. The third kappa shape index (κ3) is 4.76. The number of methoxy groups -OCH3 is 2. The van der Waals surface area contributed by atoms with Crippen LogP contribution in [0.25, 0.3) is 5.69 Å². The second kappa shape index (κ2) is 10.1. The lowest BCUT2D eigenvalue weighted by atomic mass is 9.81. The van der Waals surface area contributed by atoms with Crippen LogP contribution < -0.4 is 9.47 Å². The van der Waals surface area contributed by atoms with Gasteiger partial charge in [0.15, 0.2) is 16.7 Å². The van der Waals surface area contributed by atoms with Gasteiger partial charge >= 0.3 is 0 Å². The summed E-state index contributed by atoms with van der Waals surface area (Å²) in [4.78, 5) is 9.06. The number of ether oxygens (including phenoxy) is 2. The van der Waals surface area contributed by atoms with Crippen molar-refractivity contribution in [3.8, 4) is 17.2 Å². The molecule has 0 fully saturated rings. The minimum absolute atomic E-state index is 0.352. The van der Waals surface area contributed by atoms with Crippen molar-refractivity contribution in [1.82, 2.24) is 14.5 Å². The molecular weight excluding hydrogens is 473 g/mol. The number of aromatic nitrogens is 3. The van der Waals surface area contributed by atoms with E-state index in [1.54, 1.807) is 26.5 Å². The van der Waals surface area contributed by atoms with E-state index in [2.05, 4.69) is 23.4 Å². The summed E-state index contributed by atoms with van der Waals surface area (Å²) < 4.78 is 26.5. The Hall–Kier alpha value is -3.03. The van der Waals surface area contributed by atoms with Crippen molar-refractivity contribution in [2.75, 3.05) is 14.2 Å². The van der Waals surface area contributed by atoms with Crippen LogP contribution in [-0.4, -0.2) is 28.8 Å². The van der Waals surface area contributed by atoms with Gasteiger partial charge in [0, 0.05) is 22.4 Å². The lowest BCUT2D eigenvalue weighted by Gasteiger charge is -2.28. The summed E-state index contributed by atoms with van der Waals surface area (Å²) in [6.45, 7) is 4.28. The molecule has 4 aromatic rings. The molecule has 0 N–H and O–H groups in total. The maximum atomic E-state index is 13.5. The molecule has 0 unspecified atom stereocenters. The molecule has 0 saturated heterocycles. The number of nitrogens with zero attached hydrogens (tertiary/aromatic N) is 3. The summed E-state index contributed by atoms with van der Waals surface area (Å²) in [7, 11) is 3.25. The highest BCUT2D eigenvalue weighted by molar-refractivity contribution is 7.98. The van der Waals surface area contributed by atoms with Crippen molar-refractivity contribution >= 4 is 23.4 Å². The number of halogens is 2. The van der Waals surface area contributed by atoms with E-state index in [4.69, 9.17) is 26.1 Å². The van der Waals surface area contributed by atoms with Gasteiger partial charge in [0.1, 0.15) is 5.82 Å². The Bertz CT molecular complexity index is 1290. The lowest BCUT2D eigenvalue weighted by molar-refractivity contribution is 0.353. The largest absolute Gasteiger partial charge is 0.493 e. The predicted octanol–water partition coefficient (Wildman–Crippen LogP) is 6.70. The fourth-order valence-corrected chi connectivity index (χ4v) is 5.08. The maximum absolute atomic E-state index is 13.5. The first kappa shape index (κ1) is 24.1. The third-order valence-corrected chi connectivity index (χ3v) is 7.10. The molecule has 0 bridgehead atoms. The summed E-state index contributed by atoms with van der Waals surface area (Å²) in [6, 6.07) is 14.3. The molecule has 4 rings (SSSR count). The normalized spacial score (nSPS) is 11.5. The van der Waals surface area contributed by atoms with Gasteiger partial charge in [0.25, 0.3) is 0 Å². The van der Waals surface area contributed by atoms with Crippen LogP contribution in [0.15, 0.2) is 72.3 Å². The molecule has 0 aliphatic heterocycles. The molecule has 2 aromatic carbocycles. The highest BCUT2D eigenvalue weighted by Gasteiger charge is 2.30. The van der Waals surface area contributed by atoms with Gasteiger partial charge in [-0.15, -0.1) is 0 Å². The maximum Gasteiger partial charge on any atom is 0.173 e. The molecule has 8 heteroatoms. The fourth-order valence-electron chi connectivity index (χ4n) is 3.77. The third-order valence-electron chi connectivity index (χ3n) is 5.75. The Morgan fingerprint density at radius 3 is 2.50 bits per heavy atom. The zero-order chi connectivity index (χ0) is 24.3. The molecular formula is C26H25ClFN3O2S. The van der Waals surface area contributed by atoms with Crippen molar-refractivity contribution in [2.24, 2.45) is 0 Å². The monoisotopic (exact) mass is 497 g/mol. The molecule has 0 saturated carbocycles. The Morgan fingerprint density at radius 1 is 1.03 bits per heavy atom. The summed E-state index contributed by atoms with van der Waals surface area (Å²) >= 11 is 7.78. The summed E-state index contributed by atoms with van der Waals surface area (Å²) in [5.41, 5.74) is 3.36. The second-order valence-electron chi connectivity index (χ2n) is 8.19. The van der Waals surface area contributed by atoms with Crippen LogP contribution in [0, 0.1) is 5.82 Å². The molecule has 0 radical (unpaired) electrons. The lowest BCUT2D eigenvalue weighted by Crippen LogP contribution is -2.23. The van der Waals surface area contributed by atoms with E-state index < -0.39 is 5.41 Å². The average Bonchev–Trinajstić information content (AvgIpc) is 3.28. The van der Waals surface area contributed by atoms with Gasteiger partial charge < -0.3 is 9.47 Å². The van der Waals surface area contributed by atoms with Crippen molar-refractivity contribution < 1.29 is 13.9 Å². The van der Waals surface area contributed by atoms with Crippen LogP contribution in [0.5, 0.6) is 11.5 Å². The van der Waals surface area contributed by atoms with E-state index >= 15 is 0 Å². The van der Waals surface area contributed by atoms with E-state index in [0.29, 0.717) is 22.3 Å². The van der Waals surface area contributed by atoms with Crippen LogP contribution in [0.4, 0.5) is 4.39 Å². The molecule has 0 amide bonds. The Morgan fingerprint density at radius 2 is 1.82 bits per heavy atom. The van der Waals surface area contributed by atoms with E-state index in [1.165, 1.54) is 23.9 Å². The average molecular weight is 498 g/mol. The number of rotatable bonds is 8. The van der Waals surface area contributed by atoms with Gasteiger partial charge in [-0.2, -0.15) is 0 Å². The molecule has 0 aliphatic rings. The van der Waals surface area contributed by atoms with Gasteiger partial charge in [-0.3, -0.25) is 9.55 Å². The summed E-state index contributed by atoms with van der Waals surface area (Å²) in [6.07, 6.45) is 5.44. The molecule has 34 heavy (non-hydrogen) atoms. The summed E-state index contributed by atoms with van der Waals surface area (Å²) in [5, 5.41) is 1.19. The first-order valence-corrected chi connectivity index (χ1v) is 12.0. The molecule has 0 spiro atoms. The number of hydrogen-bond acceptors (Lipinski definition) is 5. The molecule has 0 aliphatic carbocycles. The van der Waals surface area contributed by atoms with Gasteiger partial charge in [-0.1, -0.05) is 49.3 Å². The minimum Gasteiger partial charge on any atom is -0.493 e. The topological polar surface area (TPSA) is 49.2 Å². The van der Waals surface area contributed by atoms with Gasteiger partial charge in [-0.05, 0) is 47.5 Å². The summed E-state index contributed by atoms with van der Waals surface area (Å²) in [5.74, 6) is 1.54. The van der Waals surface area contributed by atoms with E-state index in [9.17, 15) is 4.39 Å². The fraction of sp³-hybridized carbons (Fsp3) is 0.231. The van der Waals surface area contributed by atoms with Crippen LogP contribution in [0.3, 0.4) is 0 Å². The smallest absolute Gasteiger partial charge is 0.173 e. The number of thioether (sulfide) groups is 1. The number of pyridine rings is 1. The quantitative estimate of drug-likeness (QED) is 0.254. The van der Waals surface area contributed by atoms with E-state index in [-0.39, 0.29) is 5.82 Å². The minimum atomic E-state index is -0.422. The van der Waals surface area contributed by atoms with Gasteiger partial charge in [0.05, 0.1) is 38.0 Å². The van der Waals surface area contributed by atoms with Crippen LogP contribution in [0.1, 0.15) is 30.7 Å². The standard InChI is InChI=1S/C26H25ClFN3O2S/c1-26(2,18-8-10-22(32-3)23(12-18)33-4)24-15-30-25(31(24)20-6-5-11-29-14-20)34-16-17-7-9-19(28)13-21(17)27/h5-15H,16H2,1-4H3. The molecule has 0 atom stereocenters. The highest BCUT2D eigenvalue weighted by atomic mass is 35.5. The first-order chi connectivity index (χ1) is 16.3. The molecule has 176 valence electrons. The Kier molecular flexibility index (Phi) is 7.14. The first-order valence-electron chi connectivity index (χ1n) is 10.6. The van der Waals surface area contributed by atoms with E-state index in [0.717, 1.165) is 27.7 Å². The van der Waals surface area contributed by atoms with Crippen molar-refractivity contribution in [3.05, 3.63) is 94.8 Å². The van der Waals surface area contributed by atoms with Crippen LogP contribution in [0.2, 0.25) is 5.02 Å². The number of imidazole rings is 1. The molecule has 2 heterocycles.